The average Bonchev–Trinajstić information content (AvgIpc) is 2.74. The Kier molecular flexibility index (Phi) is 4.98. The maximum atomic E-state index is 11.7. The van der Waals surface area contributed by atoms with Gasteiger partial charge in [0.25, 0.3) is 5.91 Å². The van der Waals surface area contributed by atoms with Gasteiger partial charge in [0.1, 0.15) is 10.1 Å². The highest BCUT2D eigenvalue weighted by molar-refractivity contribution is 8.26. The molecule has 0 saturated carbocycles. The second-order valence-electron chi connectivity index (χ2n) is 4.53. The number of thiocarbonyl (C=S) groups is 1. The minimum Gasteiger partial charge on any atom is -0.507 e. The number of hydrogen-bond donors (Lipinski definition) is 2. The first-order valence-corrected chi connectivity index (χ1v) is 7.59. The number of amides is 1. The molecule has 1 aliphatic heterocycles. The number of nitrogens with one attached hydrogen (secondary N) is 1. The van der Waals surface area contributed by atoms with Gasteiger partial charge in [0.05, 0.1) is 4.91 Å². The lowest BCUT2D eigenvalue weighted by Crippen LogP contribution is -2.17. The zero-order valence-corrected chi connectivity index (χ0v) is 13.0. The first kappa shape index (κ1) is 15.5. The van der Waals surface area contributed by atoms with E-state index in [9.17, 15) is 9.90 Å². The van der Waals surface area contributed by atoms with Crippen LogP contribution in [0.4, 0.5) is 0 Å². The third-order valence-corrected chi connectivity index (χ3v) is 4.12. The molecule has 0 bridgehead atoms. The van der Waals surface area contributed by atoms with E-state index in [0.717, 1.165) is 16.7 Å². The van der Waals surface area contributed by atoms with Crippen molar-refractivity contribution in [1.29, 1.82) is 0 Å². The Morgan fingerprint density at radius 1 is 1.24 bits per heavy atom. The van der Waals surface area contributed by atoms with Crippen LogP contribution in [0.25, 0.3) is 6.08 Å². The van der Waals surface area contributed by atoms with Crippen molar-refractivity contribution in [2.75, 3.05) is 0 Å². The van der Waals surface area contributed by atoms with E-state index in [0.29, 0.717) is 22.1 Å². The third kappa shape index (κ3) is 3.62. The molecule has 0 aromatic heterocycles. The summed E-state index contributed by atoms with van der Waals surface area (Å²) in [6.45, 7) is 7.39. The van der Waals surface area contributed by atoms with E-state index in [1.54, 1.807) is 18.2 Å². The second kappa shape index (κ2) is 6.74. The van der Waals surface area contributed by atoms with Crippen molar-refractivity contribution >= 4 is 40.3 Å². The molecule has 1 aromatic carbocycles. The first-order valence-electron chi connectivity index (χ1n) is 6.36. The van der Waals surface area contributed by atoms with Crippen LogP contribution < -0.4 is 5.32 Å². The summed E-state index contributed by atoms with van der Waals surface area (Å²) in [6, 6.07) is 3.71. The number of aromatic hydroxyl groups is 1. The van der Waals surface area contributed by atoms with Crippen molar-refractivity contribution in [3.63, 3.8) is 0 Å². The molecule has 21 heavy (non-hydrogen) atoms. The SMILES string of the molecule is C=CCc1cc(C=C2SC(=S)NC2=O)cc(CC=C)c1O. The topological polar surface area (TPSA) is 49.3 Å². The Labute approximate surface area is 133 Å². The Bertz CT molecular complexity index is 631. The second-order valence-corrected chi connectivity index (χ2v) is 6.24. The molecule has 0 spiro atoms. The third-order valence-electron chi connectivity index (χ3n) is 2.96. The minimum absolute atomic E-state index is 0.186. The summed E-state index contributed by atoms with van der Waals surface area (Å²) >= 11 is 6.21. The quantitative estimate of drug-likeness (QED) is 0.497. The predicted molar refractivity (Wildman–Crippen MR) is 92.2 cm³/mol. The normalized spacial score (nSPS) is 16.1. The van der Waals surface area contributed by atoms with Crippen LogP contribution in [-0.4, -0.2) is 15.3 Å². The Balaban J connectivity index is 2.45. The number of hydrogen-bond acceptors (Lipinski definition) is 4. The van der Waals surface area contributed by atoms with Gasteiger partial charge in [0.2, 0.25) is 0 Å². The van der Waals surface area contributed by atoms with Gasteiger partial charge in [0.15, 0.2) is 0 Å². The smallest absolute Gasteiger partial charge is 0.263 e. The monoisotopic (exact) mass is 317 g/mol. The summed E-state index contributed by atoms with van der Waals surface area (Å²) in [5, 5.41) is 12.8. The van der Waals surface area contributed by atoms with Crippen LogP contribution in [0.5, 0.6) is 5.75 Å². The number of carbonyl (C=O) groups is 1. The molecule has 1 heterocycles. The summed E-state index contributed by atoms with van der Waals surface area (Å²) in [7, 11) is 0. The molecule has 0 unspecified atom stereocenters. The lowest BCUT2D eigenvalue weighted by atomic mass is 9.99. The summed E-state index contributed by atoms with van der Waals surface area (Å²) in [5.41, 5.74) is 2.41. The Morgan fingerprint density at radius 2 is 1.81 bits per heavy atom. The summed E-state index contributed by atoms with van der Waals surface area (Å²) in [4.78, 5) is 12.3. The summed E-state index contributed by atoms with van der Waals surface area (Å²) in [5.74, 6) is 0.0737. The van der Waals surface area contributed by atoms with Crippen molar-refractivity contribution in [1.82, 2.24) is 5.32 Å². The molecule has 1 aromatic rings. The molecule has 5 heteroatoms. The van der Waals surface area contributed by atoms with Crippen LogP contribution in [-0.2, 0) is 17.6 Å². The van der Waals surface area contributed by atoms with Crippen LogP contribution in [0, 0.1) is 0 Å². The van der Waals surface area contributed by atoms with Gasteiger partial charge in [-0.25, -0.2) is 0 Å². The van der Waals surface area contributed by atoms with Crippen molar-refractivity contribution < 1.29 is 9.90 Å². The standard InChI is InChI=1S/C16H15NO2S2/c1-3-5-11-7-10(8-12(6-4-2)14(11)18)9-13-15(19)17-16(20)21-13/h3-4,7-9,18H,1-2,5-6H2,(H,17,19,20). The molecule has 1 fully saturated rings. The molecule has 108 valence electrons. The van der Waals surface area contributed by atoms with Gasteiger partial charge in [-0.15, -0.1) is 13.2 Å². The van der Waals surface area contributed by atoms with E-state index in [2.05, 4.69) is 18.5 Å². The maximum absolute atomic E-state index is 11.7. The van der Waals surface area contributed by atoms with Gasteiger partial charge in [-0.2, -0.15) is 0 Å². The number of benzene rings is 1. The van der Waals surface area contributed by atoms with Crippen molar-refractivity contribution in [2.45, 2.75) is 12.8 Å². The van der Waals surface area contributed by atoms with E-state index < -0.39 is 0 Å². The van der Waals surface area contributed by atoms with Crippen LogP contribution >= 0.6 is 24.0 Å². The fraction of sp³-hybridized carbons (Fsp3) is 0.125. The molecule has 1 aliphatic rings. The Morgan fingerprint density at radius 3 is 2.24 bits per heavy atom. The molecule has 0 radical (unpaired) electrons. The van der Waals surface area contributed by atoms with E-state index in [4.69, 9.17) is 12.2 Å². The molecule has 1 saturated heterocycles. The van der Waals surface area contributed by atoms with Crippen molar-refractivity contribution in [2.24, 2.45) is 0 Å². The molecular weight excluding hydrogens is 302 g/mol. The number of phenols is 1. The predicted octanol–water partition coefficient (Wildman–Crippen LogP) is 3.34. The lowest BCUT2D eigenvalue weighted by molar-refractivity contribution is -0.115. The fourth-order valence-electron chi connectivity index (χ4n) is 2.06. The van der Waals surface area contributed by atoms with Gasteiger partial charge in [0, 0.05) is 0 Å². The zero-order valence-electron chi connectivity index (χ0n) is 11.4. The van der Waals surface area contributed by atoms with Crippen molar-refractivity contribution in [3.05, 3.63) is 59.0 Å². The first-order chi connectivity index (χ1) is 10.0. The molecular formula is C16H15NO2S2. The maximum Gasteiger partial charge on any atom is 0.263 e. The fourth-order valence-corrected chi connectivity index (χ4v) is 3.11. The molecule has 0 atom stereocenters. The van der Waals surface area contributed by atoms with Crippen LogP contribution in [0.1, 0.15) is 16.7 Å². The molecule has 3 nitrogen and oxygen atoms in total. The van der Waals surface area contributed by atoms with Gasteiger partial charge < -0.3 is 10.4 Å². The van der Waals surface area contributed by atoms with E-state index in [1.807, 2.05) is 12.1 Å². The van der Waals surface area contributed by atoms with Gasteiger partial charge >= 0.3 is 0 Å². The van der Waals surface area contributed by atoms with Crippen LogP contribution in [0.2, 0.25) is 0 Å². The highest BCUT2D eigenvalue weighted by atomic mass is 32.2. The van der Waals surface area contributed by atoms with E-state index >= 15 is 0 Å². The van der Waals surface area contributed by atoms with Crippen LogP contribution in [0.3, 0.4) is 0 Å². The van der Waals surface area contributed by atoms with Crippen LogP contribution in [0.15, 0.2) is 42.3 Å². The number of allylic oxidation sites excluding steroid dienone is 2. The highest BCUT2D eigenvalue weighted by Gasteiger charge is 2.22. The van der Waals surface area contributed by atoms with Crippen molar-refractivity contribution in [3.8, 4) is 5.75 Å². The largest absolute Gasteiger partial charge is 0.507 e. The molecule has 0 aliphatic carbocycles. The summed E-state index contributed by atoms with van der Waals surface area (Å²) in [6.07, 6.45) is 6.36. The minimum atomic E-state index is -0.186. The molecule has 2 rings (SSSR count). The number of phenolic OH excluding ortho intramolecular Hbond substituents is 1. The van der Waals surface area contributed by atoms with Gasteiger partial charge in [-0.3, -0.25) is 4.79 Å². The number of carbonyl (C=O) groups excluding carboxylic acids is 1. The lowest BCUT2D eigenvalue weighted by Gasteiger charge is -2.09. The van der Waals surface area contributed by atoms with Gasteiger partial charge in [-0.1, -0.05) is 36.1 Å². The Hall–Kier alpha value is -1.85. The van der Waals surface area contributed by atoms with E-state index in [1.165, 1.54) is 11.8 Å². The molecule has 2 N–H and O–H groups in total. The number of rotatable bonds is 5. The summed E-state index contributed by atoms with van der Waals surface area (Å²) < 4.78 is 0.461. The van der Waals surface area contributed by atoms with E-state index in [-0.39, 0.29) is 11.7 Å². The number of thioether (sulfide) groups is 1. The van der Waals surface area contributed by atoms with Gasteiger partial charge in [-0.05, 0) is 47.7 Å². The zero-order chi connectivity index (χ0) is 15.4. The average molecular weight is 317 g/mol. The molecule has 1 amide bonds. The highest BCUT2D eigenvalue weighted by Crippen LogP contribution is 2.30.